The van der Waals surface area contributed by atoms with Gasteiger partial charge in [0.05, 0.1) is 11.4 Å². The number of nitrogens with zero attached hydrogens (tertiary/aromatic N) is 3. The van der Waals surface area contributed by atoms with Crippen LogP contribution in [-0.4, -0.2) is 26.4 Å². The number of carbonyl (C=O) groups is 1. The highest BCUT2D eigenvalue weighted by molar-refractivity contribution is 7.99. The van der Waals surface area contributed by atoms with Crippen molar-refractivity contribution in [2.75, 3.05) is 11.1 Å². The number of nitrogens with one attached hydrogen (secondary N) is 1. The monoisotopic (exact) mass is 392 g/mol. The van der Waals surface area contributed by atoms with Crippen LogP contribution in [0.1, 0.15) is 43.8 Å². The first-order valence-corrected chi connectivity index (χ1v) is 9.98. The third-order valence-corrected chi connectivity index (χ3v) is 5.53. The summed E-state index contributed by atoms with van der Waals surface area (Å²) in [6.07, 6.45) is 7.61. The fourth-order valence-electron chi connectivity index (χ4n) is 3.28. The van der Waals surface area contributed by atoms with E-state index in [9.17, 15) is 13.6 Å². The molecule has 8 heteroatoms. The number of aromatic nitrogens is 3. The van der Waals surface area contributed by atoms with E-state index in [0.29, 0.717) is 17.6 Å². The number of hydrogen-bond acceptors (Lipinski definition) is 4. The van der Waals surface area contributed by atoms with Gasteiger partial charge in [-0.2, -0.15) is 0 Å². The van der Waals surface area contributed by atoms with Gasteiger partial charge in [0, 0.05) is 18.5 Å². The smallest absolute Gasteiger partial charge is 0.234 e. The second-order valence-electron chi connectivity index (χ2n) is 6.54. The average Bonchev–Trinajstić information content (AvgIpc) is 3.07. The van der Waals surface area contributed by atoms with Gasteiger partial charge in [-0.05, 0) is 25.0 Å². The minimum Gasteiger partial charge on any atom is -0.323 e. The van der Waals surface area contributed by atoms with Gasteiger partial charge >= 0.3 is 0 Å². The summed E-state index contributed by atoms with van der Waals surface area (Å²) in [5.41, 5.74) is -0.170. The van der Waals surface area contributed by atoms with Crippen molar-refractivity contribution in [1.29, 1.82) is 0 Å². The zero-order valence-electron chi connectivity index (χ0n) is 15.0. The van der Waals surface area contributed by atoms with Crippen LogP contribution < -0.4 is 5.32 Å². The first-order valence-electron chi connectivity index (χ1n) is 9.00. The van der Waals surface area contributed by atoms with Crippen molar-refractivity contribution in [2.45, 2.75) is 49.7 Å². The Hall–Kier alpha value is -2.22. The standard InChI is InChI=1S/C19H22F2N4OS/c1-2-10-25-18(13-6-4-3-5-7-13)23-24-19(25)27-12-17(26)22-16-11-14(20)8-9-15(16)21/h2,8-9,11,13H,1,3-7,10,12H2,(H,22,26). The lowest BCUT2D eigenvalue weighted by atomic mass is 9.89. The molecule has 5 nitrogen and oxygen atoms in total. The quantitative estimate of drug-likeness (QED) is 0.556. The van der Waals surface area contributed by atoms with Gasteiger partial charge < -0.3 is 9.88 Å². The predicted octanol–water partition coefficient (Wildman–Crippen LogP) is 4.52. The molecule has 27 heavy (non-hydrogen) atoms. The van der Waals surface area contributed by atoms with Crippen molar-refractivity contribution in [3.05, 3.63) is 48.3 Å². The molecule has 0 bridgehead atoms. The molecule has 144 valence electrons. The molecule has 3 rings (SSSR count). The number of anilines is 1. The summed E-state index contributed by atoms with van der Waals surface area (Å²) in [4.78, 5) is 12.1. The maximum atomic E-state index is 13.6. The Bertz CT molecular complexity index is 818. The Morgan fingerprint density at radius 2 is 2.07 bits per heavy atom. The highest BCUT2D eigenvalue weighted by Gasteiger charge is 2.23. The third kappa shape index (κ3) is 4.94. The largest absolute Gasteiger partial charge is 0.323 e. The van der Waals surface area contributed by atoms with E-state index in [2.05, 4.69) is 22.1 Å². The molecular weight excluding hydrogens is 370 g/mol. The highest BCUT2D eigenvalue weighted by atomic mass is 32.2. The molecule has 0 spiro atoms. The van der Waals surface area contributed by atoms with Crippen LogP contribution in [0.3, 0.4) is 0 Å². The summed E-state index contributed by atoms with van der Waals surface area (Å²) in [5.74, 6) is -0.372. The van der Waals surface area contributed by atoms with Crippen molar-refractivity contribution in [3.63, 3.8) is 0 Å². The van der Waals surface area contributed by atoms with Gasteiger partial charge in [-0.3, -0.25) is 4.79 Å². The van der Waals surface area contributed by atoms with Crippen LogP contribution in [0.4, 0.5) is 14.5 Å². The van der Waals surface area contributed by atoms with E-state index in [4.69, 9.17) is 0 Å². The Morgan fingerprint density at radius 1 is 1.30 bits per heavy atom. The molecule has 0 radical (unpaired) electrons. The van der Waals surface area contributed by atoms with Gasteiger partial charge in [0.25, 0.3) is 0 Å². The van der Waals surface area contributed by atoms with Crippen LogP contribution in [0.2, 0.25) is 0 Å². The zero-order chi connectivity index (χ0) is 19.2. The molecule has 1 saturated carbocycles. The van der Waals surface area contributed by atoms with Gasteiger partial charge in [0.2, 0.25) is 5.91 Å². The number of amides is 1. The first-order chi connectivity index (χ1) is 13.1. The lowest BCUT2D eigenvalue weighted by Gasteiger charge is -2.21. The summed E-state index contributed by atoms with van der Waals surface area (Å²) >= 11 is 1.22. The van der Waals surface area contributed by atoms with E-state index in [0.717, 1.165) is 36.9 Å². The number of benzene rings is 1. The lowest BCUT2D eigenvalue weighted by Crippen LogP contribution is -2.16. The van der Waals surface area contributed by atoms with Gasteiger partial charge in [-0.1, -0.05) is 37.1 Å². The summed E-state index contributed by atoms with van der Waals surface area (Å²) < 4.78 is 28.8. The minimum atomic E-state index is -0.677. The third-order valence-electron chi connectivity index (χ3n) is 4.56. The molecule has 0 atom stereocenters. The number of hydrogen-bond donors (Lipinski definition) is 1. The zero-order valence-corrected chi connectivity index (χ0v) is 15.8. The number of allylic oxidation sites excluding steroid dienone is 1. The Balaban J connectivity index is 1.66. The van der Waals surface area contributed by atoms with E-state index in [1.54, 1.807) is 6.08 Å². The molecule has 1 fully saturated rings. The van der Waals surface area contributed by atoms with Crippen molar-refractivity contribution in [1.82, 2.24) is 14.8 Å². The lowest BCUT2D eigenvalue weighted by molar-refractivity contribution is -0.113. The van der Waals surface area contributed by atoms with Crippen molar-refractivity contribution < 1.29 is 13.6 Å². The minimum absolute atomic E-state index is 0.0237. The molecule has 0 aliphatic heterocycles. The molecule has 1 aromatic carbocycles. The summed E-state index contributed by atoms with van der Waals surface area (Å²) in [5, 5.41) is 11.6. The summed E-state index contributed by atoms with van der Waals surface area (Å²) in [6, 6.07) is 2.94. The maximum absolute atomic E-state index is 13.6. The molecule has 1 amide bonds. The van der Waals surface area contributed by atoms with Crippen LogP contribution in [0.15, 0.2) is 36.0 Å². The second-order valence-corrected chi connectivity index (χ2v) is 7.48. The Morgan fingerprint density at radius 3 is 2.81 bits per heavy atom. The van der Waals surface area contributed by atoms with Crippen LogP contribution in [0, 0.1) is 11.6 Å². The van der Waals surface area contributed by atoms with E-state index in [-0.39, 0.29) is 11.4 Å². The number of thioether (sulfide) groups is 1. The predicted molar refractivity (Wildman–Crippen MR) is 102 cm³/mol. The molecule has 0 saturated heterocycles. The molecule has 1 N–H and O–H groups in total. The van der Waals surface area contributed by atoms with E-state index in [1.807, 2.05) is 4.57 Å². The molecule has 1 aromatic heterocycles. The van der Waals surface area contributed by atoms with Crippen LogP contribution >= 0.6 is 11.8 Å². The highest BCUT2D eigenvalue weighted by Crippen LogP contribution is 2.33. The van der Waals surface area contributed by atoms with Crippen molar-refractivity contribution >= 4 is 23.4 Å². The van der Waals surface area contributed by atoms with E-state index >= 15 is 0 Å². The summed E-state index contributed by atoms with van der Waals surface area (Å²) in [7, 11) is 0. The van der Waals surface area contributed by atoms with Crippen LogP contribution in [0.25, 0.3) is 0 Å². The fourth-order valence-corrected chi connectivity index (χ4v) is 4.03. The average molecular weight is 392 g/mol. The van der Waals surface area contributed by atoms with Crippen molar-refractivity contribution in [2.24, 2.45) is 0 Å². The van der Waals surface area contributed by atoms with E-state index in [1.165, 1.54) is 31.0 Å². The number of halogens is 2. The number of carbonyl (C=O) groups excluding carboxylic acids is 1. The fraction of sp³-hybridized carbons (Fsp3) is 0.421. The van der Waals surface area contributed by atoms with Crippen LogP contribution in [-0.2, 0) is 11.3 Å². The van der Waals surface area contributed by atoms with Gasteiger partial charge in [0.1, 0.15) is 17.5 Å². The Kier molecular flexibility index (Phi) is 6.60. The normalized spacial score (nSPS) is 14.9. The Labute approximate surface area is 161 Å². The maximum Gasteiger partial charge on any atom is 0.234 e. The first kappa shape index (κ1) is 19.5. The van der Waals surface area contributed by atoms with Gasteiger partial charge in [-0.25, -0.2) is 8.78 Å². The molecule has 1 heterocycles. The molecule has 2 aromatic rings. The second kappa shape index (κ2) is 9.12. The van der Waals surface area contributed by atoms with Crippen molar-refractivity contribution in [3.8, 4) is 0 Å². The van der Waals surface area contributed by atoms with Gasteiger partial charge in [0.15, 0.2) is 5.16 Å². The van der Waals surface area contributed by atoms with Crippen LogP contribution in [0.5, 0.6) is 0 Å². The topological polar surface area (TPSA) is 59.8 Å². The molecular formula is C19H22F2N4OS. The number of rotatable bonds is 7. The molecule has 1 aliphatic rings. The summed E-state index contributed by atoms with van der Waals surface area (Å²) in [6.45, 7) is 4.36. The molecule has 0 unspecified atom stereocenters. The van der Waals surface area contributed by atoms with E-state index < -0.39 is 17.5 Å². The van der Waals surface area contributed by atoms with Gasteiger partial charge in [-0.15, -0.1) is 16.8 Å². The molecule has 1 aliphatic carbocycles. The SMILES string of the molecule is C=CCn1c(SCC(=O)Nc2cc(F)ccc2F)nnc1C1CCCCC1.